The molecule has 1 aliphatic heterocycles. The molecule has 2 aromatic rings. The third kappa shape index (κ3) is 6.15. The van der Waals surface area contributed by atoms with E-state index in [1.165, 1.54) is 57.7 Å². The zero-order valence-corrected chi connectivity index (χ0v) is 19.8. The second-order valence-electron chi connectivity index (χ2n) is 8.57. The minimum atomic E-state index is -0.656. The fourth-order valence-electron chi connectivity index (χ4n) is 4.48. The third-order valence-corrected chi connectivity index (χ3v) is 7.48. The molecule has 0 radical (unpaired) electrons. The quantitative estimate of drug-likeness (QED) is 0.372. The van der Waals surface area contributed by atoms with Crippen molar-refractivity contribution in [3.8, 4) is 0 Å². The Morgan fingerprint density at radius 1 is 1.10 bits per heavy atom. The summed E-state index contributed by atoms with van der Waals surface area (Å²) in [6, 6.07) is 17.7. The Kier molecular flexibility index (Phi) is 8.65. The lowest BCUT2D eigenvalue weighted by Gasteiger charge is -2.38. The van der Waals surface area contributed by atoms with Crippen LogP contribution in [0.2, 0.25) is 0 Å². The summed E-state index contributed by atoms with van der Waals surface area (Å²) in [4.78, 5) is 14.7. The number of unbranched alkanes of at least 4 members (excludes halogenated alkanes) is 1. The number of fused-ring (bicyclic) bond motifs is 1. The topological polar surface area (TPSA) is 40.5 Å². The number of aliphatic carboxylic acids is 1. The highest BCUT2D eigenvalue weighted by molar-refractivity contribution is 7.99. The molecule has 166 valence electrons. The number of nitrogens with zero attached hydrogens (tertiary/aromatic N) is 1. The van der Waals surface area contributed by atoms with Crippen molar-refractivity contribution in [1.82, 2.24) is 4.90 Å². The van der Waals surface area contributed by atoms with Gasteiger partial charge in [0.05, 0.1) is 5.92 Å². The molecule has 31 heavy (non-hydrogen) atoms. The van der Waals surface area contributed by atoms with Crippen LogP contribution < -0.4 is 0 Å². The van der Waals surface area contributed by atoms with Gasteiger partial charge in [0.15, 0.2) is 0 Å². The molecule has 0 amide bonds. The van der Waals surface area contributed by atoms with Gasteiger partial charge in [-0.05, 0) is 79.2 Å². The van der Waals surface area contributed by atoms with Gasteiger partial charge in [-0.3, -0.25) is 9.69 Å². The summed E-state index contributed by atoms with van der Waals surface area (Å²) >= 11 is 1.98. The first kappa shape index (κ1) is 23.9. The fraction of sp³-hybridized carbons (Fsp3) is 0.423. The van der Waals surface area contributed by atoms with Gasteiger partial charge in [0, 0.05) is 24.5 Å². The van der Waals surface area contributed by atoms with Gasteiger partial charge in [-0.15, -0.1) is 24.2 Å². The summed E-state index contributed by atoms with van der Waals surface area (Å²) in [6.45, 7) is 4.54. The molecule has 5 heteroatoms. The molecule has 1 fully saturated rings. The molecule has 1 N–H and O–H groups in total. The summed E-state index contributed by atoms with van der Waals surface area (Å²) in [5.41, 5.74) is 7.17. The monoisotopic (exact) mass is 457 g/mol. The number of aryl methyl sites for hydroxylation is 2. The average Bonchev–Trinajstić information content (AvgIpc) is 2.72. The molecular weight excluding hydrogens is 426 g/mol. The highest BCUT2D eigenvalue weighted by Gasteiger charge is 2.33. The molecule has 1 heterocycles. The second kappa shape index (κ2) is 11.2. The van der Waals surface area contributed by atoms with Crippen LogP contribution in [0.25, 0.3) is 5.57 Å². The minimum Gasteiger partial charge on any atom is -0.481 e. The number of carboxylic acid groups (broad SMARTS) is 1. The van der Waals surface area contributed by atoms with E-state index in [4.69, 9.17) is 5.11 Å². The van der Waals surface area contributed by atoms with Gasteiger partial charge in [0.1, 0.15) is 0 Å². The van der Waals surface area contributed by atoms with E-state index < -0.39 is 5.97 Å². The Balaban J connectivity index is 0.00000272. The van der Waals surface area contributed by atoms with Gasteiger partial charge >= 0.3 is 5.97 Å². The number of carbonyl (C=O) groups is 1. The fourth-order valence-corrected chi connectivity index (χ4v) is 5.46. The van der Waals surface area contributed by atoms with Gasteiger partial charge in [0.25, 0.3) is 0 Å². The lowest BCUT2D eigenvalue weighted by molar-refractivity contribution is -0.147. The first-order valence-electron chi connectivity index (χ1n) is 11.0. The average molecular weight is 458 g/mol. The predicted octanol–water partition coefficient (Wildman–Crippen LogP) is 5.96. The van der Waals surface area contributed by atoms with Gasteiger partial charge in [0.2, 0.25) is 0 Å². The molecule has 3 nitrogen and oxygen atoms in total. The van der Waals surface area contributed by atoms with Crippen LogP contribution >= 0.6 is 24.2 Å². The molecule has 0 spiro atoms. The molecule has 2 aromatic carbocycles. The Morgan fingerprint density at radius 2 is 1.87 bits per heavy atom. The molecule has 2 aliphatic rings. The Labute approximate surface area is 196 Å². The number of hydrogen-bond acceptors (Lipinski definition) is 3. The highest BCUT2D eigenvalue weighted by Crippen LogP contribution is 2.35. The molecule has 0 unspecified atom stereocenters. The number of carboxylic acids is 1. The summed E-state index contributed by atoms with van der Waals surface area (Å²) < 4.78 is 0. The van der Waals surface area contributed by atoms with Crippen LogP contribution in [0.15, 0.2) is 59.0 Å². The van der Waals surface area contributed by atoms with Crippen molar-refractivity contribution in [3.05, 3.63) is 70.8 Å². The van der Waals surface area contributed by atoms with E-state index in [2.05, 4.69) is 60.4 Å². The summed E-state index contributed by atoms with van der Waals surface area (Å²) in [6.07, 6.45) is 5.85. The van der Waals surface area contributed by atoms with E-state index in [0.717, 1.165) is 19.4 Å². The van der Waals surface area contributed by atoms with Gasteiger partial charge in [-0.1, -0.05) is 42.0 Å². The SMILES string of the molecule is CC1=C(CN2CC(C(=O)O)C2)CCc2cc(SCCCCc3ccccc3)ccc21.Cl. The lowest BCUT2D eigenvalue weighted by Crippen LogP contribution is -2.50. The van der Waals surface area contributed by atoms with Crippen molar-refractivity contribution in [2.45, 2.75) is 43.9 Å². The normalized spacial score (nSPS) is 16.4. The number of rotatable bonds is 9. The lowest BCUT2D eigenvalue weighted by atomic mass is 9.85. The molecule has 0 atom stereocenters. The van der Waals surface area contributed by atoms with Crippen LogP contribution in [0.3, 0.4) is 0 Å². The third-order valence-electron chi connectivity index (χ3n) is 6.40. The zero-order chi connectivity index (χ0) is 20.9. The molecule has 1 saturated heterocycles. The van der Waals surface area contributed by atoms with Crippen molar-refractivity contribution in [2.24, 2.45) is 5.92 Å². The van der Waals surface area contributed by atoms with Crippen molar-refractivity contribution >= 4 is 35.7 Å². The molecule has 4 rings (SSSR count). The number of allylic oxidation sites excluding steroid dienone is 1. The van der Waals surface area contributed by atoms with Crippen LogP contribution in [0.1, 0.15) is 42.9 Å². The molecule has 1 aliphatic carbocycles. The van der Waals surface area contributed by atoms with Gasteiger partial charge in [-0.2, -0.15) is 0 Å². The highest BCUT2D eigenvalue weighted by atomic mass is 35.5. The van der Waals surface area contributed by atoms with E-state index in [-0.39, 0.29) is 18.3 Å². The number of benzene rings is 2. The number of thioether (sulfide) groups is 1. The van der Waals surface area contributed by atoms with Crippen molar-refractivity contribution in [1.29, 1.82) is 0 Å². The molecule has 0 aromatic heterocycles. The largest absolute Gasteiger partial charge is 0.481 e. The van der Waals surface area contributed by atoms with E-state index in [9.17, 15) is 4.79 Å². The maximum Gasteiger partial charge on any atom is 0.309 e. The van der Waals surface area contributed by atoms with Crippen molar-refractivity contribution in [3.63, 3.8) is 0 Å². The van der Waals surface area contributed by atoms with Crippen molar-refractivity contribution < 1.29 is 9.90 Å². The second-order valence-corrected chi connectivity index (χ2v) is 9.74. The number of hydrogen-bond donors (Lipinski definition) is 1. The number of likely N-dealkylation sites (tertiary alicyclic amines) is 1. The Morgan fingerprint density at radius 3 is 2.61 bits per heavy atom. The number of halogens is 1. The summed E-state index contributed by atoms with van der Waals surface area (Å²) in [5, 5.41) is 9.07. The van der Waals surface area contributed by atoms with E-state index in [1.807, 2.05) is 11.8 Å². The van der Waals surface area contributed by atoms with Crippen molar-refractivity contribution in [2.75, 3.05) is 25.4 Å². The standard InChI is InChI=1S/C26H31NO2S.ClH/c1-19-22(16-27-17-23(18-27)26(28)29)11-10-21-15-24(12-13-25(19)21)30-14-6-5-9-20-7-3-2-4-8-20;/h2-4,7-8,12-13,15,23H,5-6,9-11,14,16-18H2,1H3,(H,28,29);1H. The van der Waals surface area contributed by atoms with Crippen LogP contribution in [-0.4, -0.2) is 41.4 Å². The van der Waals surface area contributed by atoms with Crippen LogP contribution in [-0.2, 0) is 17.6 Å². The Bertz CT molecular complexity index is 922. The van der Waals surface area contributed by atoms with E-state index in [0.29, 0.717) is 13.1 Å². The zero-order valence-electron chi connectivity index (χ0n) is 18.2. The minimum absolute atomic E-state index is 0. The molecule has 0 saturated carbocycles. The van der Waals surface area contributed by atoms with Crippen LogP contribution in [0.5, 0.6) is 0 Å². The Hall–Kier alpha value is -1.75. The molecule has 0 bridgehead atoms. The smallest absolute Gasteiger partial charge is 0.309 e. The van der Waals surface area contributed by atoms with E-state index in [1.54, 1.807) is 0 Å². The van der Waals surface area contributed by atoms with E-state index >= 15 is 0 Å². The van der Waals surface area contributed by atoms with Gasteiger partial charge < -0.3 is 5.11 Å². The van der Waals surface area contributed by atoms with Gasteiger partial charge in [-0.25, -0.2) is 0 Å². The first-order valence-corrected chi connectivity index (χ1v) is 12.0. The maximum atomic E-state index is 11.0. The predicted molar refractivity (Wildman–Crippen MR) is 132 cm³/mol. The summed E-state index contributed by atoms with van der Waals surface area (Å²) in [7, 11) is 0. The van der Waals surface area contributed by atoms with Crippen LogP contribution in [0.4, 0.5) is 0 Å². The first-order chi connectivity index (χ1) is 14.6. The molecular formula is C26H32ClNO2S. The van der Waals surface area contributed by atoms with Crippen LogP contribution in [0, 0.1) is 5.92 Å². The summed E-state index contributed by atoms with van der Waals surface area (Å²) in [5.74, 6) is 0.343. The maximum absolute atomic E-state index is 11.0.